The normalized spacial score (nSPS) is 11.1. The third-order valence-corrected chi connectivity index (χ3v) is 10.3. The third kappa shape index (κ3) is 7.45. The zero-order valence-corrected chi connectivity index (χ0v) is 30.5. The monoisotopic (exact) mass is 699 g/mol. The molecule has 0 fully saturated rings. The summed E-state index contributed by atoms with van der Waals surface area (Å²) in [6.45, 7) is 0. The number of hydrogen-bond acceptors (Lipinski definition) is 0. The van der Waals surface area contributed by atoms with Crippen LogP contribution >= 0.6 is 0 Å². The van der Waals surface area contributed by atoms with E-state index in [1.54, 1.807) is 0 Å². The van der Waals surface area contributed by atoms with Crippen LogP contribution in [0.15, 0.2) is 237 Å². The highest BCUT2D eigenvalue weighted by molar-refractivity contribution is 5.83. The molecule has 259 valence electrons. The lowest BCUT2D eigenvalue weighted by molar-refractivity contribution is 1.23. The summed E-state index contributed by atoms with van der Waals surface area (Å²) < 4.78 is 0. The van der Waals surface area contributed by atoms with E-state index in [0.717, 1.165) is 16.7 Å². The highest BCUT2D eigenvalue weighted by Gasteiger charge is 2.24. The molecule has 9 aromatic carbocycles. The standard InChI is InChI=1S/C55H39/c1-7-19-40(20-8-1)46-31-47(41-21-9-2-10-22-41)35-52(34-46)55(53-36-48(42-23-11-3-12-24-42)32-49(37-53)43-25-13-4-14-26-43)54-38-50(44-27-15-5-16-28-44)33-51(39-54)45-29-17-6-18-30-45/h1-39H. The van der Waals surface area contributed by atoms with Gasteiger partial charge in [-0.05, 0) is 138 Å². The first-order valence-corrected chi connectivity index (χ1v) is 18.9. The summed E-state index contributed by atoms with van der Waals surface area (Å²) in [7, 11) is 0. The second kappa shape index (κ2) is 15.5. The molecule has 0 aliphatic heterocycles. The second-order valence-electron chi connectivity index (χ2n) is 14.0. The largest absolute Gasteiger partial charge is 0.0630 e. The Kier molecular flexibility index (Phi) is 9.54. The second-order valence-corrected chi connectivity index (χ2v) is 14.0. The molecule has 55 heavy (non-hydrogen) atoms. The maximum Gasteiger partial charge on any atom is 0.0630 e. The molecule has 1 radical (unpaired) electrons. The van der Waals surface area contributed by atoms with E-state index < -0.39 is 0 Å². The molecule has 9 aromatic rings. The highest BCUT2D eigenvalue weighted by Crippen LogP contribution is 2.42. The molecule has 0 heterocycles. The van der Waals surface area contributed by atoms with Crippen LogP contribution in [0.3, 0.4) is 0 Å². The van der Waals surface area contributed by atoms with Gasteiger partial charge in [0.1, 0.15) is 0 Å². The van der Waals surface area contributed by atoms with Crippen molar-refractivity contribution in [1.82, 2.24) is 0 Å². The van der Waals surface area contributed by atoms with E-state index in [1.807, 2.05) is 0 Å². The van der Waals surface area contributed by atoms with Crippen LogP contribution in [-0.2, 0) is 0 Å². The summed E-state index contributed by atoms with van der Waals surface area (Å²) in [6.07, 6.45) is 0. The van der Waals surface area contributed by atoms with Gasteiger partial charge in [0.2, 0.25) is 0 Å². The Hall–Kier alpha value is -7.02. The van der Waals surface area contributed by atoms with E-state index in [2.05, 4.69) is 237 Å². The third-order valence-electron chi connectivity index (χ3n) is 10.3. The van der Waals surface area contributed by atoms with Crippen LogP contribution in [0.1, 0.15) is 16.7 Å². The van der Waals surface area contributed by atoms with Crippen LogP contribution in [-0.4, -0.2) is 0 Å². The van der Waals surface area contributed by atoms with Crippen LogP contribution in [0.25, 0.3) is 66.8 Å². The Morgan fingerprint density at radius 2 is 0.327 bits per heavy atom. The van der Waals surface area contributed by atoms with Gasteiger partial charge in [0.25, 0.3) is 0 Å². The summed E-state index contributed by atoms with van der Waals surface area (Å²) in [4.78, 5) is 0. The average molecular weight is 700 g/mol. The van der Waals surface area contributed by atoms with Crippen molar-refractivity contribution in [2.45, 2.75) is 0 Å². The minimum Gasteiger partial charge on any atom is -0.0622 e. The van der Waals surface area contributed by atoms with Gasteiger partial charge in [-0.3, -0.25) is 0 Å². The van der Waals surface area contributed by atoms with Crippen molar-refractivity contribution >= 4 is 0 Å². The number of benzene rings is 9. The molecular weight excluding hydrogens is 661 g/mol. The first kappa shape index (κ1) is 33.8. The van der Waals surface area contributed by atoms with Crippen LogP contribution < -0.4 is 0 Å². The predicted octanol–water partition coefficient (Wildman–Crippen LogP) is 14.7. The van der Waals surface area contributed by atoms with Gasteiger partial charge >= 0.3 is 0 Å². The maximum absolute atomic E-state index is 2.38. The summed E-state index contributed by atoms with van der Waals surface area (Å²) in [5, 5.41) is 0. The minimum absolute atomic E-state index is 1.16. The van der Waals surface area contributed by atoms with E-state index in [9.17, 15) is 0 Å². The van der Waals surface area contributed by atoms with Crippen molar-refractivity contribution in [2.24, 2.45) is 0 Å². The number of hydrogen-bond donors (Lipinski definition) is 0. The predicted molar refractivity (Wildman–Crippen MR) is 232 cm³/mol. The van der Waals surface area contributed by atoms with Gasteiger partial charge in [0.05, 0.1) is 5.92 Å². The molecular formula is C55H39. The van der Waals surface area contributed by atoms with E-state index in [4.69, 9.17) is 0 Å². The highest BCUT2D eigenvalue weighted by atomic mass is 14.3. The molecule has 9 rings (SSSR count). The van der Waals surface area contributed by atoms with Crippen molar-refractivity contribution in [3.63, 3.8) is 0 Å². The first-order valence-electron chi connectivity index (χ1n) is 18.9. The van der Waals surface area contributed by atoms with Gasteiger partial charge in [-0.1, -0.05) is 182 Å². The van der Waals surface area contributed by atoms with Crippen molar-refractivity contribution in [2.75, 3.05) is 0 Å². The van der Waals surface area contributed by atoms with Crippen molar-refractivity contribution in [3.8, 4) is 66.8 Å². The van der Waals surface area contributed by atoms with Gasteiger partial charge in [-0.25, -0.2) is 0 Å². The summed E-state index contributed by atoms with van der Waals surface area (Å²) >= 11 is 0. The SMILES string of the molecule is c1ccc(-c2cc([C](c3cc(-c4ccccc4)cc(-c4ccccc4)c3)c3cc(-c4ccccc4)cc(-c4ccccc4)c3)cc(-c3ccccc3)c2)cc1. The molecule has 0 nitrogen and oxygen atoms in total. The van der Waals surface area contributed by atoms with Crippen molar-refractivity contribution in [1.29, 1.82) is 0 Å². The first-order chi connectivity index (χ1) is 27.2. The van der Waals surface area contributed by atoms with Crippen LogP contribution in [0.5, 0.6) is 0 Å². The molecule has 0 spiro atoms. The molecule has 0 atom stereocenters. The lowest BCUT2D eigenvalue weighted by Gasteiger charge is -2.24. The fourth-order valence-corrected chi connectivity index (χ4v) is 7.60. The molecule has 0 amide bonds. The molecule has 0 bridgehead atoms. The van der Waals surface area contributed by atoms with E-state index >= 15 is 0 Å². The van der Waals surface area contributed by atoms with Gasteiger partial charge in [0, 0.05) is 0 Å². The summed E-state index contributed by atoms with van der Waals surface area (Å²) in [6, 6.07) is 85.8. The van der Waals surface area contributed by atoms with Crippen LogP contribution in [0.2, 0.25) is 0 Å². The fraction of sp³-hybridized carbons (Fsp3) is 0. The fourth-order valence-electron chi connectivity index (χ4n) is 7.60. The van der Waals surface area contributed by atoms with Crippen molar-refractivity contribution in [3.05, 3.63) is 259 Å². The molecule has 0 N–H and O–H groups in total. The lowest BCUT2D eigenvalue weighted by Crippen LogP contribution is -2.07. The Morgan fingerprint density at radius 3 is 0.491 bits per heavy atom. The molecule has 0 aliphatic rings. The van der Waals surface area contributed by atoms with E-state index in [1.165, 1.54) is 72.7 Å². The maximum atomic E-state index is 2.38. The molecule has 0 unspecified atom stereocenters. The Labute approximate surface area is 324 Å². The van der Waals surface area contributed by atoms with Crippen LogP contribution in [0.4, 0.5) is 0 Å². The Balaban J connectivity index is 1.36. The Morgan fingerprint density at radius 1 is 0.164 bits per heavy atom. The Bertz CT molecular complexity index is 2170. The van der Waals surface area contributed by atoms with Crippen molar-refractivity contribution < 1.29 is 0 Å². The van der Waals surface area contributed by atoms with Crippen LogP contribution in [0, 0.1) is 5.92 Å². The molecule has 0 saturated carbocycles. The van der Waals surface area contributed by atoms with Gasteiger partial charge in [-0.15, -0.1) is 0 Å². The zero-order valence-electron chi connectivity index (χ0n) is 30.5. The topological polar surface area (TPSA) is 0 Å². The number of rotatable bonds is 9. The molecule has 0 aromatic heterocycles. The quantitative estimate of drug-likeness (QED) is 0.132. The zero-order chi connectivity index (χ0) is 36.8. The van der Waals surface area contributed by atoms with Gasteiger partial charge in [-0.2, -0.15) is 0 Å². The smallest absolute Gasteiger partial charge is 0.0622 e. The van der Waals surface area contributed by atoms with Gasteiger partial charge < -0.3 is 0 Å². The summed E-state index contributed by atoms with van der Waals surface area (Å²) in [5.74, 6) is 1.18. The molecule has 0 heteroatoms. The average Bonchev–Trinajstić information content (AvgIpc) is 3.28. The summed E-state index contributed by atoms with van der Waals surface area (Å²) in [5.41, 5.74) is 17.7. The minimum atomic E-state index is 1.16. The molecule has 0 aliphatic carbocycles. The molecule has 0 saturated heterocycles. The van der Waals surface area contributed by atoms with E-state index in [0.29, 0.717) is 0 Å². The van der Waals surface area contributed by atoms with Gasteiger partial charge in [0.15, 0.2) is 0 Å². The lowest BCUT2D eigenvalue weighted by atomic mass is 9.79. The van der Waals surface area contributed by atoms with E-state index in [-0.39, 0.29) is 0 Å².